The lowest BCUT2D eigenvalue weighted by molar-refractivity contribution is 0.0655. The van der Waals surface area contributed by atoms with Crippen LogP contribution in [0, 0.1) is 6.92 Å². The van der Waals surface area contributed by atoms with Crippen LogP contribution in [0.3, 0.4) is 0 Å². The molecule has 1 aliphatic rings. The second-order valence-corrected chi connectivity index (χ2v) is 7.78. The Morgan fingerprint density at radius 3 is 2.78 bits per heavy atom. The number of halogens is 1. The smallest absolute Gasteiger partial charge is 0.488 e. The summed E-state index contributed by atoms with van der Waals surface area (Å²) in [5, 5.41) is 0.648. The molecule has 1 saturated carbocycles. The van der Waals surface area contributed by atoms with Gasteiger partial charge in [-0.05, 0) is 56.0 Å². The van der Waals surface area contributed by atoms with Crippen LogP contribution in [-0.4, -0.2) is 22.1 Å². The van der Waals surface area contributed by atoms with Crippen LogP contribution in [-0.2, 0) is 15.6 Å². The molecule has 6 nitrogen and oxygen atoms in total. The van der Waals surface area contributed by atoms with Gasteiger partial charge >= 0.3 is 8.25 Å². The number of nitrogens with zero attached hydrogens (tertiary/aromatic N) is 1. The van der Waals surface area contributed by atoms with Crippen molar-refractivity contribution in [2.45, 2.75) is 51.4 Å². The minimum absolute atomic E-state index is 0.0554. The maximum Gasteiger partial charge on any atom is 0.694 e. The lowest BCUT2D eigenvalue weighted by Crippen LogP contribution is -2.29. The minimum Gasteiger partial charge on any atom is -0.488 e. The predicted octanol–water partition coefficient (Wildman–Crippen LogP) is 4.53. The summed E-state index contributed by atoms with van der Waals surface area (Å²) in [6, 6.07) is 9.42. The summed E-state index contributed by atoms with van der Waals surface area (Å²) in [5.74, 6) is 0.709. The number of nitrogens with two attached hydrogens (primary N) is 1. The van der Waals surface area contributed by atoms with Gasteiger partial charge in [0.05, 0.1) is 11.4 Å². The van der Waals surface area contributed by atoms with Crippen molar-refractivity contribution in [2.75, 3.05) is 0 Å². The zero-order valence-electron chi connectivity index (χ0n) is 15.1. The van der Waals surface area contributed by atoms with Crippen LogP contribution in [0.1, 0.15) is 36.9 Å². The second kappa shape index (κ2) is 9.09. The number of hydrogen-bond acceptors (Lipinski definition) is 5. The van der Waals surface area contributed by atoms with Crippen molar-refractivity contribution in [1.29, 1.82) is 0 Å². The Hall–Kier alpha value is -1.56. The summed E-state index contributed by atoms with van der Waals surface area (Å²) in [7, 11) is -2.58. The van der Waals surface area contributed by atoms with Crippen molar-refractivity contribution in [2.24, 2.45) is 5.73 Å². The van der Waals surface area contributed by atoms with Gasteiger partial charge in [-0.1, -0.05) is 17.7 Å². The standard InChI is InChI=1S/C19H22ClN2O4P/c1-12-19(25-15-3-2-4-16(10-15)26-27(23)24)8-7-18(22-12)17-6-5-14(20)9-13(17)11-21/h5-9,15-16H,2-4,10-11,21H2,1H3/p+1. The molecule has 0 saturated heterocycles. The number of aryl methyl sites for hydroxylation is 1. The Labute approximate surface area is 164 Å². The molecule has 1 aromatic carbocycles. The number of rotatable bonds is 6. The Kier molecular flexibility index (Phi) is 6.79. The van der Waals surface area contributed by atoms with E-state index >= 15 is 0 Å². The van der Waals surface area contributed by atoms with Crippen LogP contribution in [0.25, 0.3) is 11.3 Å². The van der Waals surface area contributed by atoms with Gasteiger partial charge < -0.3 is 10.5 Å². The largest absolute Gasteiger partial charge is 0.694 e. The Morgan fingerprint density at radius 1 is 1.30 bits per heavy atom. The number of aromatic nitrogens is 1. The summed E-state index contributed by atoms with van der Waals surface area (Å²) in [6.45, 7) is 2.28. The number of benzene rings is 1. The maximum absolute atomic E-state index is 10.9. The van der Waals surface area contributed by atoms with Gasteiger partial charge in [-0.15, -0.1) is 9.42 Å². The first kappa shape index (κ1) is 20.2. The monoisotopic (exact) mass is 409 g/mol. The van der Waals surface area contributed by atoms with Gasteiger partial charge in [0.15, 0.2) is 0 Å². The van der Waals surface area contributed by atoms with E-state index in [1.165, 1.54) is 0 Å². The van der Waals surface area contributed by atoms with E-state index in [1.807, 2.05) is 37.3 Å². The molecule has 1 heterocycles. The Balaban J connectivity index is 1.75. The van der Waals surface area contributed by atoms with E-state index in [0.717, 1.165) is 41.8 Å². The molecular weight excluding hydrogens is 387 g/mol. The van der Waals surface area contributed by atoms with E-state index in [0.29, 0.717) is 23.7 Å². The maximum atomic E-state index is 10.9. The Bertz CT molecular complexity index is 833. The van der Waals surface area contributed by atoms with E-state index in [2.05, 4.69) is 4.98 Å². The molecule has 3 N–H and O–H groups in total. The van der Waals surface area contributed by atoms with Crippen LogP contribution in [0.4, 0.5) is 0 Å². The van der Waals surface area contributed by atoms with Crippen LogP contribution in [0.15, 0.2) is 30.3 Å². The van der Waals surface area contributed by atoms with E-state index in [1.54, 1.807) is 0 Å². The lowest BCUT2D eigenvalue weighted by Gasteiger charge is -2.26. The molecule has 144 valence electrons. The van der Waals surface area contributed by atoms with Crippen molar-refractivity contribution in [3.63, 3.8) is 0 Å². The molecule has 0 amide bonds. The normalized spacial score (nSPS) is 20.4. The van der Waals surface area contributed by atoms with Crippen molar-refractivity contribution >= 4 is 19.9 Å². The molecule has 27 heavy (non-hydrogen) atoms. The number of pyridine rings is 1. The predicted molar refractivity (Wildman–Crippen MR) is 105 cm³/mol. The highest BCUT2D eigenvalue weighted by Crippen LogP contribution is 2.32. The molecule has 0 bridgehead atoms. The lowest BCUT2D eigenvalue weighted by atomic mass is 9.95. The van der Waals surface area contributed by atoms with Crippen LogP contribution in [0.5, 0.6) is 5.75 Å². The molecule has 8 heteroatoms. The third-order valence-electron chi connectivity index (χ3n) is 4.71. The van der Waals surface area contributed by atoms with Crippen LogP contribution < -0.4 is 10.5 Å². The summed E-state index contributed by atoms with van der Waals surface area (Å²) < 4.78 is 22.0. The molecule has 2 aromatic rings. The number of ether oxygens (including phenoxy) is 1. The van der Waals surface area contributed by atoms with Gasteiger partial charge in [-0.2, -0.15) is 0 Å². The highest BCUT2D eigenvalue weighted by Gasteiger charge is 2.31. The first-order chi connectivity index (χ1) is 13.0. The van der Waals surface area contributed by atoms with Gasteiger partial charge in [-0.25, -0.2) is 4.98 Å². The van der Waals surface area contributed by atoms with E-state index in [9.17, 15) is 4.57 Å². The molecule has 3 atom stereocenters. The quantitative estimate of drug-likeness (QED) is 0.681. The summed E-state index contributed by atoms with van der Waals surface area (Å²) in [5.41, 5.74) is 9.32. The van der Waals surface area contributed by atoms with Gasteiger partial charge in [0.25, 0.3) is 0 Å². The molecule has 3 rings (SSSR count). The fourth-order valence-electron chi connectivity index (χ4n) is 3.42. The van der Waals surface area contributed by atoms with Crippen molar-refractivity contribution in [1.82, 2.24) is 4.98 Å². The third-order valence-corrected chi connectivity index (χ3v) is 5.42. The molecule has 0 aliphatic heterocycles. The second-order valence-electron chi connectivity index (χ2n) is 6.66. The fourth-order valence-corrected chi connectivity index (χ4v) is 4.06. The van der Waals surface area contributed by atoms with E-state index in [-0.39, 0.29) is 12.2 Å². The molecule has 1 aromatic heterocycles. The molecule has 0 radical (unpaired) electrons. The Morgan fingerprint density at radius 2 is 2.07 bits per heavy atom. The average molecular weight is 410 g/mol. The molecule has 0 spiro atoms. The summed E-state index contributed by atoms with van der Waals surface area (Å²) in [4.78, 5) is 13.6. The molecule has 1 aliphatic carbocycles. The highest BCUT2D eigenvalue weighted by atomic mass is 35.5. The van der Waals surface area contributed by atoms with Crippen molar-refractivity contribution in [3.8, 4) is 17.0 Å². The average Bonchev–Trinajstić information content (AvgIpc) is 2.63. The third kappa shape index (κ3) is 5.24. The molecule has 3 unspecified atom stereocenters. The van der Waals surface area contributed by atoms with Crippen molar-refractivity contribution < 1.29 is 18.7 Å². The first-order valence-corrected chi connectivity index (χ1v) is 10.4. The van der Waals surface area contributed by atoms with Crippen molar-refractivity contribution in [3.05, 3.63) is 46.6 Å². The van der Waals surface area contributed by atoms with Gasteiger partial charge in [0.1, 0.15) is 18.0 Å². The van der Waals surface area contributed by atoms with E-state index < -0.39 is 8.25 Å². The van der Waals surface area contributed by atoms with Gasteiger partial charge in [0.2, 0.25) is 0 Å². The molecule has 1 fully saturated rings. The topological polar surface area (TPSA) is 94.7 Å². The summed E-state index contributed by atoms with van der Waals surface area (Å²) >= 11 is 6.05. The van der Waals surface area contributed by atoms with Crippen LogP contribution >= 0.6 is 19.9 Å². The molecular formula is C19H23ClN2O4P+. The van der Waals surface area contributed by atoms with E-state index in [4.69, 9.17) is 31.5 Å². The van der Waals surface area contributed by atoms with Crippen LogP contribution in [0.2, 0.25) is 5.02 Å². The first-order valence-electron chi connectivity index (χ1n) is 8.92. The zero-order valence-corrected chi connectivity index (χ0v) is 16.7. The van der Waals surface area contributed by atoms with Gasteiger partial charge in [0, 0.05) is 28.1 Å². The fraction of sp³-hybridized carbons (Fsp3) is 0.421. The van der Waals surface area contributed by atoms with Gasteiger partial charge in [-0.3, -0.25) is 0 Å². The minimum atomic E-state index is -2.58. The highest BCUT2D eigenvalue weighted by molar-refractivity contribution is 7.32. The zero-order chi connectivity index (χ0) is 19.4. The SMILES string of the molecule is Cc1nc(-c2ccc(Cl)cc2CN)ccc1OC1CCCC(O[P+](=O)O)C1. The summed E-state index contributed by atoms with van der Waals surface area (Å²) in [6.07, 6.45) is 2.85. The number of hydrogen-bond donors (Lipinski definition) is 2.